The van der Waals surface area contributed by atoms with E-state index in [9.17, 15) is 4.79 Å². The zero-order valence-corrected chi connectivity index (χ0v) is 15.8. The van der Waals surface area contributed by atoms with E-state index in [1.165, 1.54) is 19.3 Å². The normalized spacial score (nSPS) is 17.9. The van der Waals surface area contributed by atoms with Crippen molar-refractivity contribution >= 4 is 17.7 Å². The Bertz CT molecular complexity index is 782. The fraction of sp³-hybridized carbons (Fsp3) is 0.500. The van der Waals surface area contributed by atoms with Crippen LogP contribution in [-0.4, -0.2) is 65.0 Å². The van der Waals surface area contributed by atoms with Crippen molar-refractivity contribution < 1.29 is 4.79 Å². The van der Waals surface area contributed by atoms with E-state index in [2.05, 4.69) is 25.8 Å². The van der Waals surface area contributed by atoms with Crippen LogP contribution in [0.1, 0.15) is 35.3 Å². The molecule has 0 aromatic carbocycles. The molecule has 0 aliphatic carbocycles. The molecule has 0 bridgehead atoms. The SMILES string of the molecule is Cc1cc(N2CCCCC2)nc(N2CCN(C(=O)c3ccncc3)CC2)n1. The highest BCUT2D eigenvalue weighted by Crippen LogP contribution is 2.22. The summed E-state index contributed by atoms with van der Waals surface area (Å²) < 4.78 is 0. The number of aryl methyl sites for hydroxylation is 1. The Labute approximate surface area is 160 Å². The van der Waals surface area contributed by atoms with Gasteiger partial charge >= 0.3 is 0 Å². The summed E-state index contributed by atoms with van der Waals surface area (Å²) in [5, 5.41) is 0. The average molecular weight is 366 g/mol. The van der Waals surface area contributed by atoms with Crippen molar-refractivity contribution in [3.8, 4) is 0 Å². The first-order valence-electron chi connectivity index (χ1n) is 9.75. The van der Waals surface area contributed by atoms with Crippen molar-refractivity contribution in [1.29, 1.82) is 0 Å². The molecule has 2 aromatic heterocycles. The standard InChI is InChI=1S/C20H26N6O/c1-16-15-18(24-9-3-2-4-10-24)23-20(22-16)26-13-11-25(12-14-26)19(27)17-5-7-21-8-6-17/h5-8,15H,2-4,9-14H2,1H3. The summed E-state index contributed by atoms with van der Waals surface area (Å²) in [7, 11) is 0. The third kappa shape index (κ3) is 4.02. The van der Waals surface area contributed by atoms with Gasteiger partial charge in [-0.25, -0.2) is 4.98 Å². The van der Waals surface area contributed by atoms with Gasteiger partial charge in [-0.1, -0.05) is 0 Å². The molecule has 0 atom stereocenters. The summed E-state index contributed by atoms with van der Waals surface area (Å²) >= 11 is 0. The molecule has 2 aliphatic heterocycles. The second-order valence-electron chi connectivity index (χ2n) is 7.23. The molecule has 0 spiro atoms. The van der Waals surface area contributed by atoms with Gasteiger partial charge in [0.25, 0.3) is 5.91 Å². The fourth-order valence-corrected chi connectivity index (χ4v) is 3.75. The van der Waals surface area contributed by atoms with Crippen LogP contribution in [0.5, 0.6) is 0 Å². The van der Waals surface area contributed by atoms with Crippen LogP contribution in [0.3, 0.4) is 0 Å². The van der Waals surface area contributed by atoms with Crippen LogP contribution in [0.15, 0.2) is 30.6 Å². The Morgan fingerprint density at radius 1 is 0.889 bits per heavy atom. The molecule has 27 heavy (non-hydrogen) atoms. The smallest absolute Gasteiger partial charge is 0.254 e. The lowest BCUT2D eigenvalue weighted by Crippen LogP contribution is -2.49. The Kier molecular flexibility index (Phi) is 5.18. The van der Waals surface area contributed by atoms with Gasteiger partial charge in [0.15, 0.2) is 0 Å². The molecule has 1 amide bonds. The van der Waals surface area contributed by atoms with E-state index < -0.39 is 0 Å². The third-order valence-corrected chi connectivity index (χ3v) is 5.29. The molecule has 2 aliphatic rings. The molecule has 2 aromatic rings. The molecule has 2 saturated heterocycles. The van der Waals surface area contributed by atoms with Crippen LogP contribution < -0.4 is 9.80 Å². The lowest BCUT2D eigenvalue weighted by molar-refractivity contribution is 0.0746. The van der Waals surface area contributed by atoms with Gasteiger partial charge in [0.1, 0.15) is 5.82 Å². The van der Waals surface area contributed by atoms with Gasteiger partial charge in [-0.15, -0.1) is 0 Å². The number of piperazine rings is 1. The Hall–Kier alpha value is -2.70. The highest BCUT2D eigenvalue weighted by Gasteiger charge is 2.24. The number of aromatic nitrogens is 3. The largest absolute Gasteiger partial charge is 0.356 e. The van der Waals surface area contributed by atoms with Crippen molar-refractivity contribution in [2.24, 2.45) is 0 Å². The van der Waals surface area contributed by atoms with E-state index in [1.54, 1.807) is 24.5 Å². The lowest BCUT2D eigenvalue weighted by atomic mass is 10.1. The molecule has 142 valence electrons. The lowest BCUT2D eigenvalue weighted by Gasteiger charge is -2.35. The third-order valence-electron chi connectivity index (χ3n) is 5.29. The van der Waals surface area contributed by atoms with Crippen molar-refractivity contribution in [3.63, 3.8) is 0 Å². The van der Waals surface area contributed by atoms with Gasteiger partial charge in [-0.3, -0.25) is 9.78 Å². The molecule has 4 heterocycles. The minimum atomic E-state index is 0.0659. The molecule has 7 heteroatoms. The zero-order valence-electron chi connectivity index (χ0n) is 15.8. The number of pyridine rings is 1. The number of nitrogens with zero attached hydrogens (tertiary/aromatic N) is 6. The van der Waals surface area contributed by atoms with E-state index >= 15 is 0 Å². The highest BCUT2D eigenvalue weighted by molar-refractivity contribution is 5.94. The van der Waals surface area contributed by atoms with Gasteiger partial charge in [0.05, 0.1) is 0 Å². The summed E-state index contributed by atoms with van der Waals surface area (Å²) in [4.78, 5) is 32.5. The van der Waals surface area contributed by atoms with E-state index in [0.717, 1.165) is 43.6 Å². The van der Waals surface area contributed by atoms with Gasteiger partial charge in [0, 0.05) is 69.0 Å². The van der Waals surface area contributed by atoms with Crippen LogP contribution >= 0.6 is 0 Å². The molecule has 0 saturated carbocycles. The van der Waals surface area contributed by atoms with Crippen LogP contribution in [0, 0.1) is 6.92 Å². The van der Waals surface area contributed by atoms with Crippen molar-refractivity contribution in [2.45, 2.75) is 26.2 Å². The first-order valence-corrected chi connectivity index (χ1v) is 9.75. The number of rotatable bonds is 3. The van der Waals surface area contributed by atoms with Gasteiger partial charge in [0.2, 0.25) is 5.95 Å². The number of carbonyl (C=O) groups excluding carboxylic acids is 1. The van der Waals surface area contributed by atoms with E-state index in [1.807, 2.05) is 11.8 Å². The topological polar surface area (TPSA) is 65.5 Å². The van der Waals surface area contributed by atoms with Crippen LogP contribution in [0.2, 0.25) is 0 Å². The van der Waals surface area contributed by atoms with Crippen LogP contribution in [-0.2, 0) is 0 Å². The minimum absolute atomic E-state index is 0.0659. The molecule has 0 N–H and O–H groups in total. The highest BCUT2D eigenvalue weighted by atomic mass is 16.2. The van der Waals surface area contributed by atoms with E-state index in [0.29, 0.717) is 18.7 Å². The number of hydrogen-bond acceptors (Lipinski definition) is 6. The number of piperidine rings is 1. The quantitative estimate of drug-likeness (QED) is 0.829. The van der Waals surface area contributed by atoms with Crippen LogP contribution in [0.4, 0.5) is 11.8 Å². The molecule has 2 fully saturated rings. The first-order chi connectivity index (χ1) is 13.2. The molecule has 4 rings (SSSR count). The predicted molar refractivity (Wildman–Crippen MR) is 105 cm³/mol. The summed E-state index contributed by atoms with van der Waals surface area (Å²) in [5.41, 5.74) is 1.69. The molecular weight excluding hydrogens is 340 g/mol. The second kappa shape index (κ2) is 7.90. The van der Waals surface area contributed by atoms with Crippen LogP contribution in [0.25, 0.3) is 0 Å². The van der Waals surface area contributed by atoms with Gasteiger partial charge in [-0.2, -0.15) is 4.98 Å². The summed E-state index contributed by atoms with van der Waals surface area (Å²) in [6, 6.07) is 5.62. The van der Waals surface area contributed by atoms with Crippen molar-refractivity contribution in [1.82, 2.24) is 19.9 Å². The number of carbonyl (C=O) groups is 1. The summed E-state index contributed by atoms with van der Waals surface area (Å²) in [6.07, 6.45) is 7.08. The van der Waals surface area contributed by atoms with Crippen molar-refractivity contribution in [3.05, 3.63) is 41.9 Å². The molecule has 0 radical (unpaired) electrons. The van der Waals surface area contributed by atoms with E-state index in [4.69, 9.17) is 4.98 Å². The Morgan fingerprint density at radius 2 is 1.59 bits per heavy atom. The molecule has 0 unspecified atom stereocenters. The Balaban J connectivity index is 1.43. The average Bonchev–Trinajstić information content (AvgIpc) is 2.74. The number of hydrogen-bond donors (Lipinski definition) is 0. The maximum absolute atomic E-state index is 12.6. The first kappa shape index (κ1) is 17.7. The van der Waals surface area contributed by atoms with Crippen molar-refractivity contribution in [2.75, 3.05) is 49.1 Å². The van der Waals surface area contributed by atoms with Gasteiger partial charge in [-0.05, 0) is 38.3 Å². The fourth-order valence-electron chi connectivity index (χ4n) is 3.75. The van der Waals surface area contributed by atoms with E-state index in [-0.39, 0.29) is 5.91 Å². The maximum Gasteiger partial charge on any atom is 0.254 e. The second-order valence-corrected chi connectivity index (χ2v) is 7.23. The predicted octanol–water partition coefficient (Wildman–Crippen LogP) is 2.13. The monoisotopic (exact) mass is 366 g/mol. The summed E-state index contributed by atoms with van der Waals surface area (Å²) in [5.74, 6) is 1.88. The zero-order chi connectivity index (χ0) is 18.6. The Morgan fingerprint density at radius 3 is 2.30 bits per heavy atom. The molecule has 7 nitrogen and oxygen atoms in total. The minimum Gasteiger partial charge on any atom is -0.356 e. The number of anilines is 2. The van der Waals surface area contributed by atoms with Gasteiger partial charge < -0.3 is 14.7 Å². The number of amides is 1. The maximum atomic E-state index is 12.6. The summed E-state index contributed by atoms with van der Waals surface area (Å²) in [6.45, 7) is 7.03. The molecular formula is C20H26N6O.